The molecule has 1 heterocycles. The summed E-state index contributed by atoms with van der Waals surface area (Å²) in [4.78, 5) is -0.0373. The lowest BCUT2D eigenvalue weighted by Gasteiger charge is -2.19. The lowest BCUT2D eigenvalue weighted by atomic mass is 10.0. The number of amidine groups is 1. The highest BCUT2D eigenvalue weighted by molar-refractivity contribution is 7.90. The van der Waals surface area contributed by atoms with Crippen LogP contribution in [0, 0.1) is 5.82 Å². The predicted octanol–water partition coefficient (Wildman–Crippen LogP) is 3.86. The zero-order valence-corrected chi connectivity index (χ0v) is 12.6. The zero-order valence-electron chi connectivity index (χ0n) is 10.3. The zero-order chi connectivity index (χ0) is 15.2. The molecule has 0 aliphatic carbocycles. The van der Waals surface area contributed by atoms with Gasteiger partial charge in [-0.25, -0.2) is 4.39 Å². The molecule has 0 saturated heterocycles. The fourth-order valence-electron chi connectivity index (χ4n) is 2.09. The van der Waals surface area contributed by atoms with E-state index in [9.17, 15) is 12.8 Å². The van der Waals surface area contributed by atoms with E-state index in [1.165, 1.54) is 24.3 Å². The fourth-order valence-corrected chi connectivity index (χ4v) is 3.71. The van der Waals surface area contributed by atoms with Crippen LogP contribution in [0.4, 0.5) is 10.1 Å². The number of fused-ring (bicyclic) bond motifs is 1. The van der Waals surface area contributed by atoms with Crippen LogP contribution in [0.25, 0.3) is 11.1 Å². The fraction of sp³-hybridized carbons (Fsp3) is 0. The summed E-state index contributed by atoms with van der Waals surface area (Å²) >= 11 is 11.7. The van der Waals surface area contributed by atoms with Crippen molar-refractivity contribution in [3.8, 4) is 11.1 Å². The molecule has 0 aromatic heterocycles. The van der Waals surface area contributed by atoms with Gasteiger partial charge in [-0.3, -0.25) is 0 Å². The Morgan fingerprint density at radius 3 is 2.48 bits per heavy atom. The van der Waals surface area contributed by atoms with Crippen LogP contribution in [0.15, 0.2) is 45.7 Å². The third-order valence-corrected chi connectivity index (χ3v) is 4.96. The van der Waals surface area contributed by atoms with E-state index in [0.29, 0.717) is 11.1 Å². The molecule has 2 aromatic rings. The summed E-state index contributed by atoms with van der Waals surface area (Å²) in [5.41, 5.74) is 1.02. The lowest BCUT2D eigenvalue weighted by molar-refractivity contribution is 0.598. The number of anilines is 1. The number of rotatable bonds is 1. The highest BCUT2D eigenvalue weighted by Crippen LogP contribution is 2.40. The van der Waals surface area contributed by atoms with E-state index in [2.05, 4.69) is 9.71 Å². The molecule has 2 aromatic carbocycles. The smallest absolute Gasteiger partial charge is 0.287 e. The second-order valence-corrected chi connectivity index (χ2v) is 6.57. The summed E-state index contributed by atoms with van der Waals surface area (Å²) in [5.74, 6) is -0.592. The van der Waals surface area contributed by atoms with Crippen molar-refractivity contribution >= 4 is 44.2 Å². The summed E-state index contributed by atoms with van der Waals surface area (Å²) in [5, 5.41) is 2.32. The van der Waals surface area contributed by atoms with Crippen LogP contribution >= 0.6 is 23.2 Å². The van der Waals surface area contributed by atoms with Gasteiger partial charge in [0.05, 0.1) is 10.7 Å². The summed E-state index contributed by atoms with van der Waals surface area (Å²) in [6, 6.07) is 8.85. The first-order valence-corrected chi connectivity index (χ1v) is 7.94. The number of benzene rings is 2. The molecule has 1 N–H and O–H groups in total. The molecule has 21 heavy (non-hydrogen) atoms. The van der Waals surface area contributed by atoms with Crippen LogP contribution in [-0.4, -0.2) is 13.7 Å². The van der Waals surface area contributed by atoms with Gasteiger partial charge in [-0.1, -0.05) is 35.9 Å². The minimum Gasteiger partial charge on any atom is -0.328 e. The van der Waals surface area contributed by atoms with Crippen LogP contribution in [0.5, 0.6) is 0 Å². The largest absolute Gasteiger partial charge is 0.328 e. The summed E-state index contributed by atoms with van der Waals surface area (Å²) in [7, 11) is -3.89. The maximum Gasteiger partial charge on any atom is 0.287 e. The maximum absolute atomic E-state index is 13.6. The first-order chi connectivity index (χ1) is 9.90. The first-order valence-electron chi connectivity index (χ1n) is 5.75. The molecular formula is C13H7Cl2FN2O2S. The van der Waals surface area contributed by atoms with Crippen molar-refractivity contribution in [3.05, 3.63) is 47.2 Å². The molecule has 1 aliphatic heterocycles. The molecule has 108 valence electrons. The molecular weight excluding hydrogens is 338 g/mol. The molecule has 0 bridgehead atoms. The van der Waals surface area contributed by atoms with E-state index >= 15 is 0 Å². The van der Waals surface area contributed by atoms with Crippen LogP contribution in [0.1, 0.15) is 0 Å². The Hall–Kier alpha value is -1.63. The molecule has 0 fully saturated rings. The second kappa shape index (κ2) is 4.98. The van der Waals surface area contributed by atoms with Crippen LogP contribution in [0.3, 0.4) is 0 Å². The third-order valence-electron chi connectivity index (χ3n) is 2.97. The molecule has 0 amide bonds. The van der Waals surface area contributed by atoms with E-state index in [4.69, 9.17) is 23.2 Å². The number of nitrogens with zero attached hydrogens (tertiary/aromatic N) is 1. The average Bonchev–Trinajstić information content (AvgIpc) is 2.41. The van der Waals surface area contributed by atoms with Crippen molar-refractivity contribution in [2.75, 3.05) is 5.32 Å². The SMILES string of the molecule is O=S1(=O)N=C(Cl)Nc2c(-c3cccc(F)c3Cl)cccc21. The number of hydrogen-bond donors (Lipinski definition) is 1. The lowest BCUT2D eigenvalue weighted by Crippen LogP contribution is -2.17. The molecule has 0 unspecified atom stereocenters. The average molecular weight is 345 g/mol. The van der Waals surface area contributed by atoms with Crippen LogP contribution < -0.4 is 5.32 Å². The highest BCUT2D eigenvalue weighted by atomic mass is 35.5. The Morgan fingerprint density at radius 1 is 1.05 bits per heavy atom. The Morgan fingerprint density at radius 2 is 1.71 bits per heavy atom. The standard InChI is InChI=1S/C13H7Cl2FN2O2S/c14-11-7(3-1-5-9(11)16)8-4-2-6-10-12(8)17-13(15)18-21(10,19)20/h1-6H,(H,17,18). The van der Waals surface area contributed by atoms with Crippen molar-refractivity contribution in [3.63, 3.8) is 0 Å². The van der Waals surface area contributed by atoms with Crippen LogP contribution in [0.2, 0.25) is 5.02 Å². The molecule has 3 rings (SSSR count). The number of sulfonamides is 1. The van der Waals surface area contributed by atoms with E-state index < -0.39 is 15.8 Å². The van der Waals surface area contributed by atoms with Gasteiger partial charge in [0, 0.05) is 11.1 Å². The number of para-hydroxylation sites is 1. The third kappa shape index (κ3) is 2.39. The minimum absolute atomic E-state index is 0.0373. The molecule has 0 saturated carbocycles. The van der Waals surface area contributed by atoms with Gasteiger partial charge in [0.1, 0.15) is 10.7 Å². The summed E-state index contributed by atoms with van der Waals surface area (Å²) in [6.07, 6.45) is 0. The molecule has 8 heteroatoms. The van der Waals surface area contributed by atoms with Gasteiger partial charge in [-0.2, -0.15) is 8.42 Å². The Bertz CT molecular complexity index is 882. The van der Waals surface area contributed by atoms with E-state index in [1.807, 2.05) is 0 Å². The topological polar surface area (TPSA) is 58.5 Å². The summed E-state index contributed by atoms with van der Waals surface area (Å²) in [6.45, 7) is 0. The van der Waals surface area contributed by atoms with E-state index in [1.54, 1.807) is 12.1 Å². The quantitative estimate of drug-likeness (QED) is 0.799. The molecule has 0 atom stereocenters. The van der Waals surface area contributed by atoms with Gasteiger partial charge >= 0.3 is 0 Å². The highest BCUT2D eigenvalue weighted by Gasteiger charge is 2.27. The van der Waals surface area contributed by atoms with E-state index in [-0.39, 0.29) is 20.9 Å². The molecule has 1 aliphatic rings. The van der Waals surface area contributed by atoms with E-state index in [0.717, 1.165) is 0 Å². The Balaban J connectivity index is 2.32. The van der Waals surface area contributed by atoms with Crippen molar-refractivity contribution in [2.45, 2.75) is 4.90 Å². The Labute approximate surface area is 130 Å². The van der Waals surface area contributed by atoms with Gasteiger partial charge in [0.2, 0.25) is 5.29 Å². The normalized spacial score (nSPS) is 15.9. The molecule has 4 nitrogen and oxygen atoms in total. The Kier molecular flexibility index (Phi) is 3.39. The van der Waals surface area contributed by atoms with Gasteiger partial charge in [-0.05, 0) is 23.7 Å². The molecule has 0 radical (unpaired) electrons. The van der Waals surface area contributed by atoms with Gasteiger partial charge < -0.3 is 5.32 Å². The minimum atomic E-state index is -3.89. The monoisotopic (exact) mass is 344 g/mol. The van der Waals surface area contributed by atoms with Gasteiger partial charge in [-0.15, -0.1) is 4.40 Å². The predicted molar refractivity (Wildman–Crippen MR) is 80.9 cm³/mol. The van der Waals surface area contributed by atoms with Gasteiger partial charge in [0.15, 0.2) is 0 Å². The molecule has 0 spiro atoms. The van der Waals surface area contributed by atoms with Crippen LogP contribution in [-0.2, 0) is 10.0 Å². The van der Waals surface area contributed by atoms with Crippen molar-refractivity contribution in [2.24, 2.45) is 4.40 Å². The number of hydrogen-bond acceptors (Lipinski definition) is 3. The second-order valence-electron chi connectivity index (χ2n) is 4.26. The van der Waals surface area contributed by atoms with Crippen molar-refractivity contribution in [1.82, 2.24) is 0 Å². The van der Waals surface area contributed by atoms with Crippen molar-refractivity contribution in [1.29, 1.82) is 0 Å². The summed E-state index contributed by atoms with van der Waals surface area (Å²) < 4.78 is 41.0. The number of halogens is 3. The van der Waals surface area contributed by atoms with Gasteiger partial charge in [0.25, 0.3) is 10.0 Å². The first kappa shape index (κ1) is 14.3. The van der Waals surface area contributed by atoms with Crippen molar-refractivity contribution < 1.29 is 12.8 Å². The maximum atomic E-state index is 13.6. The number of nitrogens with one attached hydrogen (secondary N) is 1.